The van der Waals surface area contributed by atoms with Gasteiger partial charge in [-0.25, -0.2) is 13.2 Å². The first kappa shape index (κ1) is 16.9. The van der Waals surface area contributed by atoms with E-state index in [4.69, 9.17) is 4.74 Å². The summed E-state index contributed by atoms with van der Waals surface area (Å²) in [6, 6.07) is 8.73. The third-order valence-electron chi connectivity index (χ3n) is 3.12. The van der Waals surface area contributed by atoms with Crippen LogP contribution >= 0.6 is 0 Å². The molecule has 0 aliphatic rings. The van der Waals surface area contributed by atoms with Crippen LogP contribution in [-0.4, -0.2) is 19.1 Å². The van der Waals surface area contributed by atoms with Gasteiger partial charge in [-0.3, -0.25) is 4.79 Å². The van der Waals surface area contributed by atoms with Crippen LogP contribution in [0.2, 0.25) is 0 Å². The van der Waals surface area contributed by atoms with Crippen LogP contribution in [0.3, 0.4) is 0 Å². The number of halogens is 3. The number of ether oxygens (including phenoxy) is 1. The van der Waals surface area contributed by atoms with E-state index in [1.54, 1.807) is 12.1 Å². The highest BCUT2D eigenvalue weighted by molar-refractivity contribution is 5.94. The van der Waals surface area contributed by atoms with Gasteiger partial charge in [0.1, 0.15) is 11.6 Å². The average Bonchev–Trinajstić information content (AvgIpc) is 2.54. The number of amides is 1. The van der Waals surface area contributed by atoms with Crippen molar-refractivity contribution in [2.75, 3.05) is 13.2 Å². The number of hydrogen-bond donors (Lipinski definition) is 1. The number of carbonyl (C=O) groups is 1. The van der Waals surface area contributed by atoms with Gasteiger partial charge in [0.05, 0.1) is 6.61 Å². The topological polar surface area (TPSA) is 38.3 Å². The summed E-state index contributed by atoms with van der Waals surface area (Å²) in [4.78, 5) is 11.7. The van der Waals surface area contributed by atoms with Gasteiger partial charge in [0.25, 0.3) is 5.91 Å². The fourth-order valence-electron chi connectivity index (χ4n) is 1.89. The van der Waals surface area contributed by atoms with Crippen molar-refractivity contribution in [1.29, 1.82) is 0 Å². The zero-order chi connectivity index (χ0) is 16.7. The molecule has 0 aromatic heterocycles. The molecule has 0 unspecified atom stereocenters. The fraction of sp³-hybridized carbons (Fsp3) is 0.235. The van der Waals surface area contributed by atoms with Gasteiger partial charge in [-0.05, 0) is 55.3 Å². The molecular formula is C17H16F3NO2. The van der Waals surface area contributed by atoms with Crippen LogP contribution in [0.4, 0.5) is 13.2 Å². The smallest absolute Gasteiger partial charge is 0.251 e. The molecular weight excluding hydrogens is 307 g/mol. The van der Waals surface area contributed by atoms with Gasteiger partial charge in [0, 0.05) is 12.1 Å². The summed E-state index contributed by atoms with van der Waals surface area (Å²) in [6.07, 6.45) is 1.35. The molecule has 0 spiro atoms. The monoisotopic (exact) mass is 323 g/mol. The van der Waals surface area contributed by atoms with Crippen molar-refractivity contribution in [1.82, 2.24) is 5.32 Å². The van der Waals surface area contributed by atoms with Gasteiger partial charge in [0.15, 0.2) is 11.6 Å². The van der Waals surface area contributed by atoms with Gasteiger partial charge in [-0.1, -0.05) is 0 Å². The van der Waals surface area contributed by atoms with Crippen molar-refractivity contribution >= 4 is 5.91 Å². The molecule has 0 heterocycles. The molecule has 0 aliphatic carbocycles. The number of rotatable bonds is 7. The van der Waals surface area contributed by atoms with Crippen molar-refractivity contribution in [3.63, 3.8) is 0 Å². The molecule has 0 aliphatic heterocycles. The average molecular weight is 323 g/mol. The maximum absolute atomic E-state index is 13.0. The van der Waals surface area contributed by atoms with Crippen LogP contribution in [0.25, 0.3) is 0 Å². The molecule has 2 aromatic rings. The molecule has 0 bridgehead atoms. The SMILES string of the molecule is O=C(NCCCCOc1ccc(F)cc1)c1ccc(F)c(F)c1. The van der Waals surface area contributed by atoms with E-state index in [0.29, 0.717) is 31.7 Å². The quantitative estimate of drug-likeness (QED) is 0.789. The highest BCUT2D eigenvalue weighted by Gasteiger charge is 2.08. The predicted octanol–water partition coefficient (Wildman–Crippen LogP) is 3.69. The van der Waals surface area contributed by atoms with Crippen LogP contribution in [0.5, 0.6) is 5.75 Å². The Morgan fingerprint density at radius 1 is 0.957 bits per heavy atom. The Morgan fingerprint density at radius 2 is 1.70 bits per heavy atom. The lowest BCUT2D eigenvalue weighted by Gasteiger charge is -2.07. The summed E-state index contributed by atoms with van der Waals surface area (Å²) in [5.74, 6) is -2.23. The molecule has 0 saturated carbocycles. The Balaban J connectivity index is 1.64. The zero-order valence-electron chi connectivity index (χ0n) is 12.3. The Morgan fingerprint density at radius 3 is 2.39 bits per heavy atom. The van der Waals surface area contributed by atoms with Crippen molar-refractivity contribution in [2.24, 2.45) is 0 Å². The molecule has 0 atom stereocenters. The minimum atomic E-state index is -1.05. The molecule has 3 nitrogen and oxygen atoms in total. The van der Waals surface area contributed by atoms with E-state index in [9.17, 15) is 18.0 Å². The molecule has 0 radical (unpaired) electrons. The molecule has 6 heteroatoms. The highest BCUT2D eigenvalue weighted by Crippen LogP contribution is 2.11. The summed E-state index contributed by atoms with van der Waals surface area (Å²) in [5, 5.41) is 2.62. The summed E-state index contributed by atoms with van der Waals surface area (Å²) in [5.41, 5.74) is 0.0754. The van der Waals surface area contributed by atoms with Gasteiger partial charge in [-0.2, -0.15) is 0 Å². The number of unbranched alkanes of at least 4 members (excludes halogenated alkanes) is 1. The maximum Gasteiger partial charge on any atom is 0.251 e. The van der Waals surface area contributed by atoms with Crippen LogP contribution in [0.15, 0.2) is 42.5 Å². The molecule has 23 heavy (non-hydrogen) atoms. The number of hydrogen-bond acceptors (Lipinski definition) is 2. The highest BCUT2D eigenvalue weighted by atomic mass is 19.2. The predicted molar refractivity (Wildman–Crippen MR) is 79.8 cm³/mol. The van der Waals surface area contributed by atoms with E-state index < -0.39 is 17.5 Å². The lowest BCUT2D eigenvalue weighted by atomic mass is 10.2. The van der Waals surface area contributed by atoms with Crippen LogP contribution in [0, 0.1) is 17.5 Å². The van der Waals surface area contributed by atoms with Crippen LogP contribution < -0.4 is 10.1 Å². The Labute approximate surface area is 132 Å². The van der Waals surface area contributed by atoms with E-state index in [0.717, 1.165) is 12.1 Å². The standard InChI is InChI=1S/C17H16F3NO2/c18-13-4-6-14(7-5-13)23-10-2-1-9-21-17(22)12-3-8-15(19)16(20)11-12/h3-8,11H,1-2,9-10H2,(H,21,22). The third kappa shape index (κ3) is 5.32. The summed E-state index contributed by atoms with van der Waals surface area (Å²) >= 11 is 0. The maximum atomic E-state index is 13.0. The third-order valence-corrected chi connectivity index (χ3v) is 3.12. The molecule has 1 amide bonds. The summed E-state index contributed by atoms with van der Waals surface area (Å²) < 4.78 is 43.9. The molecule has 0 fully saturated rings. The van der Waals surface area contributed by atoms with E-state index in [2.05, 4.69) is 5.32 Å². The number of carbonyl (C=O) groups excluding carboxylic acids is 1. The lowest BCUT2D eigenvalue weighted by Crippen LogP contribution is -2.24. The summed E-state index contributed by atoms with van der Waals surface area (Å²) in [6.45, 7) is 0.831. The lowest BCUT2D eigenvalue weighted by molar-refractivity contribution is 0.0951. The van der Waals surface area contributed by atoms with Gasteiger partial charge >= 0.3 is 0 Å². The molecule has 2 rings (SSSR count). The van der Waals surface area contributed by atoms with Gasteiger partial charge < -0.3 is 10.1 Å². The van der Waals surface area contributed by atoms with E-state index >= 15 is 0 Å². The largest absolute Gasteiger partial charge is 0.494 e. The first-order valence-corrected chi connectivity index (χ1v) is 7.18. The van der Waals surface area contributed by atoms with Gasteiger partial charge in [0.2, 0.25) is 0 Å². The van der Waals surface area contributed by atoms with Crippen LogP contribution in [-0.2, 0) is 0 Å². The Hall–Kier alpha value is -2.50. The fourth-order valence-corrected chi connectivity index (χ4v) is 1.89. The van der Waals surface area contributed by atoms with Gasteiger partial charge in [-0.15, -0.1) is 0 Å². The van der Waals surface area contributed by atoms with Crippen molar-refractivity contribution in [3.8, 4) is 5.75 Å². The molecule has 2 aromatic carbocycles. The number of benzene rings is 2. The summed E-state index contributed by atoms with van der Waals surface area (Å²) in [7, 11) is 0. The van der Waals surface area contributed by atoms with E-state index in [1.165, 1.54) is 18.2 Å². The number of nitrogens with one attached hydrogen (secondary N) is 1. The normalized spacial score (nSPS) is 10.4. The first-order valence-electron chi connectivity index (χ1n) is 7.18. The molecule has 1 N–H and O–H groups in total. The van der Waals surface area contributed by atoms with Crippen molar-refractivity contribution < 1.29 is 22.7 Å². The molecule has 122 valence electrons. The van der Waals surface area contributed by atoms with Crippen molar-refractivity contribution in [3.05, 3.63) is 65.5 Å². The zero-order valence-corrected chi connectivity index (χ0v) is 12.3. The Kier molecular flexibility index (Phi) is 6.02. The molecule has 0 saturated heterocycles. The van der Waals surface area contributed by atoms with E-state index in [-0.39, 0.29) is 11.4 Å². The first-order chi connectivity index (χ1) is 11.1. The second-order valence-electron chi connectivity index (χ2n) is 4.89. The van der Waals surface area contributed by atoms with Crippen molar-refractivity contribution in [2.45, 2.75) is 12.8 Å². The second-order valence-corrected chi connectivity index (χ2v) is 4.89. The Bertz CT molecular complexity index is 659. The van der Waals surface area contributed by atoms with E-state index in [1.807, 2.05) is 0 Å². The minimum Gasteiger partial charge on any atom is -0.494 e. The van der Waals surface area contributed by atoms with Crippen LogP contribution in [0.1, 0.15) is 23.2 Å². The second kappa shape index (κ2) is 8.22. The minimum absolute atomic E-state index is 0.0754.